The predicted molar refractivity (Wildman–Crippen MR) is 502 cm³/mol. The normalized spacial score (nSPS) is 10.7. The van der Waals surface area contributed by atoms with Gasteiger partial charge in [-0.15, -0.1) is 12.6 Å². The van der Waals surface area contributed by atoms with E-state index in [1.807, 2.05) is 176 Å². The van der Waals surface area contributed by atoms with Crippen molar-refractivity contribution in [2.24, 2.45) is 4.30 Å². The monoisotopic (exact) mass is 1910 g/mol. The maximum Gasteiger partial charge on any atom is 1.00 e. The van der Waals surface area contributed by atoms with Gasteiger partial charge >= 0.3 is 128 Å². The second kappa shape index (κ2) is 56.5. The van der Waals surface area contributed by atoms with Crippen LogP contribution in [0.15, 0.2) is 364 Å². The van der Waals surface area contributed by atoms with Crippen LogP contribution in [0, 0.1) is 10.1 Å². The van der Waals surface area contributed by atoms with Crippen LogP contribution < -0.4 is 137 Å². The number of hydrogen-bond acceptors (Lipinski definition) is 19. The number of nitro groups is 1. The van der Waals surface area contributed by atoms with E-state index in [4.69, 9.17) is 105 Å². The van der Waals surface area contributed by atoms with E-state index in [0.717, 1.165) is 142 Å². The van der Waals surface area contributed by atoms with Gasteiger partial charge in [-0.3, -0.25) is 19.3 Å². The van der Waals surface area contributed by atoms with Crippen LogP contribution >= 0.6 is 142 Å². The zero-order valence-electron chi connectivity index (χ0n) is 66.4. The minimum absolute atomic E-state index is 0. The van der Waals surface area contributed by atoms with Crippen molar-refractivity contribution in [2.45, 2.75) is 85.6 Å². The maximum absolute atomic E-state index is 10.2. The van der Waals surface area contributed by atoms with E-state index in [1.54, 1.807) is 65.2 Å². The summed E-state index contributed by atoms with van der Waals surface area (Å²) in [6.07, 6.45) is 2.05. The molecule has 14 aromatic rings. The summed E-state index contributed by atoms with van der Waals surface area (Å²) in [7, 11) is 3.34. The number of ether oxygens (including phenoxy) is 4. The Morgan fingerprint density at radius 2 is 0.787 bits per heavy atom. The standard InChI is InChI=1S/C24H16ClNOS.2C14H11ClOS.C12H7ClOS.C12H11N.C6H3Cl2NO2.C6H6OS.CH3F.CH2O3.2CH4.BHNS.2K.H/c25-17-11-13-21-24(15-17)28-23-14-12-20(16-22(23)27-21)26(18-7-3-1-4-8-18)19-9-5-2-6-10-19;2*1-2-9-3-6-13-12(7-9)16-11-5-4-10(15)8-14(11)17-13;13-8-5-6-10-12(7-8)15-11-4-2-1-3-9(11)14-10;1-3-7-11(8-4-1)13-12-9-5-2-6-10-12;7-4-1-2-6(9(10)11)5(8)3-4;7-5-3-1-2-4-6(5)8;1-2;2-1-4-3;;;1-2-3;;;/h1-16H;2*3-8H,2H2,1H3;1-7H;1-10,13H;1-3H;1-4,7-8H;1H3;1,3H;2*1H4;3H;;;/q;;;;;;;;;;;;2*+1;-1/p-1/i;;;;;;;1D;;;;;;;. The predicted octanol–water partition coefficient (Wildman–Crippen LogP) is 25.6. The quantitative estimate of drug-likeness (QED) is 0.0268. The Morgan fingerprint density at radius 3 is 1.14 bits per heavy atom. The molecule has 0 amide bonds. The van der Waals surface area contributed by atoms with Crippen LogP contribution in [0.3, 0.4) is 0 Å². The Hall–Kier alpha value is -6.58. The molecule has 4 aliphatic rings. The number of para-hydroxylation sites is 6. The van der Waals surface area contributed by atoms with Crippen molar-refractivity contribution < 1.29 is 154 Å². The number of carbonyl (C=O) groups excluding carboxylic acids is 1. The van der Waals surface area contributed by atoms with Gasteiger partial charge in [0.25, 0.3) is 12.2 Å². The van der Waals surface area contributed by atoms with Crippen molar-refractivity contribution in [2.75, 3.05) is 17.4 Å². The zero-order chi connectivity index (χ0) is 85.0. The number of aromatic hydroxyl groups is 1. The number of thiol groups is 2. The van der Waals surface area contributed by atoms with Gasteiger partial charge < -0.3 is 45.8 Å². The molecule has 0 saturated heterocycles. The summed E-state index contributed by atoms with van der Waals surface area (Å²) in [6, 6.07) is 102. The van der Waals surface area contributed by atoms with Crippen LogP contribution in [0.1, 0.15) is 42.6 Å². The molecular weight excluding hydrogens is 1830 g/mol. The number of benzene rings is 14. The summed E-state index contributed by atoms with van der Waals surface area (Å²) < 4.78 is 41.9. The molecule has 0 spiro atoms. The minimum atomic E-state index is -1.00. The smallest absolute Gasteiger partial charge is 1.00 e. The molecular formula is C92H79BCl6FK2N4O10S6. The van der Waals surface area contributed by atoms with Gasteiger partial charge in [-0.05, 0) is 218 Å². The second-order valence-corrected chi connectivity index (χ2v) is 31.7. The Balaban J connectivity index is 0.000000304. The van der Waals surface area contributed by atoms with Crippen LogP contribution in [0.25, 0.3) is 0 Å². The average molecular weight is 1910 g/mol. The number of phenolic OH excluding ortho intramolecular Hbond substituents is 1. The SMILES string of the molecule is C.C.CCc1ccc2c(c1)Oc1ccc(Cl)cc1S2.CCc1ccc2c(c1)Oc1ccc(Cl)cc1S2.Clc1ccc2c(c1)Sc1ccc(N(c3ccccc3)c3ccccc3)cc1O2.Clc1ccc2c(c1)Sc1ccccc1O2.O=CO[O-].O=[N+]([O-])c1ccc(Cl)cc1Cl.Oc1ccccc1S.[2H]CF.[B]=NS.[H-].[K+].[K+].c1ccc(Nc2ccccc2)cc1. The van der Waals surface area contributed by atoms with Crippen LogP contribution in [0.4, 0.5) is 38.5 Å². The van der Waals surface area contributed by atoms with Gasteiger partial charge in [0.1, 0.15) is 56.8 Å². The van der Waals surface area contributed by atoms with E-state index in [9.17, 15) is 14.5 Å². The third kappa shape index (κ3) is 33.0. The number of aryl methyl sites for hydroxylation is 2. The average Bonchev–Trinajstić information content (AvgIpc) is 0.795. The van der Waals surface area contributed by atoms with Crippen LogP contribution in [0.2, 0.25) is 30.1 Å². The van der Waals surface area contributed by atoms with Crippen molar-refractivity contribution in [1.82, 2.24) is 0 Å². The van der Waals surface area contributed by atoms with E-state index in [-0.39, 0.29) is 142 Å². The summed E-state index contributed by atoms with van der Waals surface area (Å²) in [5, 5.41) is 34.2. The number of fused-ring (bicyclic) bond motifs is 8. The molecule has 617 valence electrons. The summed E-state index contributed by atoms with van der Waals surface area (Å²) in [5.74, 6) is 7.39. The first kappa shape index (κ1) is 104. The van der Waals surface area contributed by atoms with Gasteiger partial charge in [0.05, 0.1) is 52.6 Å². The first-order valence-corrected chi connectivity index (χ1v) is 41.7. The van der Waals surface area contributed by atoms with Crippen molar-refractivity contribution >= 4 is 190 Å². The van der Waals surface area contributed by atoms with Gasteiger partial charge in [-0.2, -0.15) is 0 Å². The minimum Gasteiger partial charge on any atom is -1.00 e. The number of phenols is 1. The molecule has 4 heterocycles. The molecule has 0 unspecified atom stereocenters. The van der Waals surface area contributed by atoms with Crippen molar-refractivity contribution in [3.63, 3.8) is 0 Å². The number of nitrogens with zero attached hydrogens (tertiary/aromatic N) is 3. The van der Waals surface area contributed by atoms with Gasteiger partial charge in [0.15, 0.2) is 0 Å². The van der Waals surface area contributed by atoms with E-state index in [1.165, 1.54) is 29.3 Å². The molecule has 0 aromatic heterocycles. The number of hydrogen-bond donors (Lipinski definition) is 4. The fraction of sp³-hybridized carbons (Fsp3) is 0.0761. The number of alkyl halides is 1. The topological polar surface area (TPSA) is 177 Å². The van der Waals surface area contributed by atoms with Gasteiger partial charge in [0, 0.05) is 70.6 Å². The molecule has 18 rings (SSSR count). The molecule has 30 heteroatoms. The van der Waals surface area contributed by atoms with E-state index in [2.05, 4.69) is 169 Å². The number of carbonyl (C=O) groups is 1. The summed E-state index contributed by atoms with van der Waals surface area (Å²) in [5.41, 5.74) is 7.95. The van der Waals surface area contributed by atoms with Gasteiger partial charge in [0.2, 0.25) is 0 Å². The number of rotatable bonds is 9. The fourth-order valence-corrected chi connectivity index (χ4v) is 16.2. The molecule has 2 N–H and O–H groups in total. The number of nitrogens with one attached hydrogen (secondary N) is 1. The first-order chi connectivity index (χ1) is 57.7. The molecule has 14 aromatic carbocycles. The second-order valence-electron chi connectivity index (χ2n) is 24.0. The number of anilines is 5. The fourth-order valence-electron chi connectivity index (χ4n) is 10.7. The van der Waals surface area contributed by atoms with E-state index < -0.39 is 12.1 Å². The summed E-state index contributed by atoms with van der Waals surface area (Å²) >= 11 is 49.0. The van der Waals surface area contributed by atoms with E-state index in [0.29, 0.717) is 14.9 Å². The molecule has 4 aliphatic heterocycles. The Labute approximate surface area is 858 Å². The number of halogens is 7. The third-order valence-electron chi connectivity index (χ3n) is 16.1. The van der Waals surface area contributed by atoms with E-state index >= 15 is 0 Å². The maximum atomic E-state index is 10.2. The molecule has 0 saturated carbocycles. The van der Waals surface area contributed by atoms with Gasteiger partial charge in [-0.25, -0.2) is 0 Å². The van der Waals surface area contributed by atoms with Crippen molar-refractivity contribution in [1.29, 1.82) is 0 Å². The third-order valence-corrected chi connectivity index (χ3v) is 22.4. The van der Waals surface area contributed by atoms with Crippen LogP contribution in [-0.4, -0.2) is 31.3 Å². The molecule has 0 atom stereocenters. The number of nitro benzene ring substituents is 1. The first-order valence-electron chi connectivity index (χ1n) is 36.0. The molecule has 0 bridgehead atoms. The van der Waals surface area contributed by atoms with Crippen LogP contribution in [0.5, 0.6) is 51.7 Å². The molecule has 14 nitrogen and oxygen atoms in total. The van der Waals surface area contributed by atoms with Crippen molar-refractivity contribution in [3.05, 3.63) is 367 Å². The van der Waals surface area contributed by atoms with Crippen LogP contribution in [-0.2, 0) is 22.5 Å². The molecule has 0 aliphatic carbocycles. The molecule has 122 heavy (non-hydrogen) atoms. The summed E-state index contributed by atoms with van der Waals surface area (Å²) in [6.45, 7) is 4.11. The Morgan fingerprint density at radius 1 is 0.475 bits per heavy atom. The molecule has 1 radical (unpaired) electrons. The summed E-state index contributed by atoms with van der Waals surface area (Å²) in [4.78, 5) is 32.5. The molecule has 0 fully saturated rings. The van der Waals surface area contributed by atoms with Crippen molar-refractivity contribution in [3.8, 4) is 51.7 Å². The Bertz CT molecular complexity index is 5490. The van der Waals surface area contributed by atoms with Gasteiger partial charge in [-0.1, -0.05) is 255 Å². The largest absolute Gasteiger partial charge is 1.00 e. The zero-order valence-corrected chi connectivity index (χ0v) is 80.3. The Kier molecular flexibility index (Phi) is 48.2.